The van der Waals surface area contributed by atoms with Crippen LogP contribution >= 0.6 is 0 Å². The van der Waals surface area contributed by atoms with Crippen molar-refractivity contribution in [2.24, 2.45) is 0 Å². The van der Waals surface area contributed by atoms with Gasteiger partial charge in [-0.3, -0.25) is 0 Å². The number of urea groups is 1. The third kappa shape index (κ3) is 3.97. The lowest BCUT2D eigenvalue weighted by atomic mass is 10.00. The van der Waals surface area contributed by atoms with E-state index in [0.717, 1.165) is 38.0 Å². The fraction of sp³-hybridized carbons (Fsp3) is 0.562. The van der Waals surface area contributed by atoms with E-state index >= 15 is 0 Å². The van der Waals surface area contributed by atoms with Crippen LogP contribution in [0.1, 0.15) is 31.2 Å². The van der Waals surface area contributed by atoms with Crippen LogP contribution in [0.15, 0.2) is 24.3 Å². The van der Waals surface area contributed by atoms with Gasteiger partial charge in [-0.2, -0.15) is 0 Å². The highest BCUT2D eigenvalue weighted by Crippen LogP contribution is 2.21. The van der Waals surface area contributed by atoms with E-state index in [2.05, 4.69) is 10.6 Å². The van der Waals surface area contributed by atoms with Crippen molar-refractivity contribution in [1.29, 1.82) is 0 Å². The number of likely N-dealkylation sites (tertiary alicyclic amines) is 1. The number of benzene rings is 1. The highest BCUT2D eigenvalue weighted by Gasteiger charge is 2.26. The summed E-state index contributed by atoms with van der Waals surface area (Å²) >= 11 is 0. The van der Waals surface area contributed by atoms with Crippen molar-refractivity contribution in [1.82, 2.24) is 10.2 Å². The predicted molar refractivity (Wildman–Crippen MR) is 83.1 cm³/mol. The summed E-state index contributed by atoms with van der Waals surface area (Å²) in [6.45, 7) is 3.87. The lowest BCUT2D eigenvalue weighted by molar-refractivity contribution is 0.158. The van der Waals surface area contributed by atoms with Gasteiger partial charge in [-0.05, 0) is 58.3 Å². The number of rotatable bonds is 4. The Morgan fingerprint density at radius 2 is 2.05 bits per heavy atom. The van der Waals surface area contributed by atoms with E-state index in [4.69, 9.17) is 0 Å². The van der Waals surface area contributed by atoms with Crippen LogP contribution in [-0.4, -0.2) is 37.1 Å². The third-order valence-electron chi connectivity index (χ3n) is 3.92. The van der Waals surface area contributed by atoms with Crippen LogP contribution < -0.4 is 10.6 Å². The largest absolute Gasteiger partial charge is 0.322 e. The van der Waals surface area contributed by atoms with Gasteiger partial charge in [0.15, 0.2) is 0 Å². The zero-order valence-corrected chi connectivity index (χ0v) is 12.5. The minimum Gasteiger partial charge on any atom is -0.322 e. The van der Waals surface area contributed by atoms with Gasteiger partial charge < -0.3 is 15.5 Å². The van der Waals surface area contributed by atoms with Crippen LogP contribution in [0.25, 0.3) is 0 Å². The number of hydrogen-bond donors (Lipinski definition) is 2. The zero-order valence-electron chi connectivity index (χ0n) is 12.5. The molecule has 1 fully saturated rings. The molecule has 1 saturated heterocycles. The molecule has 20 heavy (non-hydrogen) atoms. The second-order valence-electron chi connectivity index (χ2n) is 5.53. The number of nitrogens with one attached hydrogen (secondary N) is 2. The average Bonchev–Trinajstić information content (AvgIpc) is 2.47. The highest BCUT2D eigenvalue weighted by atomic mass is 16.2. The number of anilines is 1. The molecule has 1 aliphatic heterocycles. The van der Waals surface area contributed by atoms with Gasteiger partial charge in [0.05, 0.1) is 0 Å². The molecule has 1 aromatic carbocycles. The molecule has 1 aliphatic rings. The van der Waals surface area contributed by atoms with E-state index in [1.807, 2.05) is 43.1 Å². The summed E-state index contributed by atoms with van der Waals surface area (Å²) in [6, 6.07) is 8.35. The lowest BCUT2D eigenvalue weighted by Crippen LogP contribution is -2.46. The molecule has 2 amide bonds. The standard InChI is InChI=1S/C16H25N3O/c1-13-6-8-14(9-7-13)18-16(20)19-12-4-3-5-15(19)10-11-17-2/h6-9,15,17H,3-5,10-12H2,1-2H3,(H,18,20). The van der Waals surface area contributed by atoms with E-state index in [1.165, 1.54) is 12.0 Å². The predicted octanol–water partition coefficient (Wildman–Crippen LogP) is 2.99. The monoisotopic (exact) mass is 275 g/mol. The van der Waals surface area contributed by atoms with Gasteiger partial charge in [-0.25, -0.2) is 4.79 Å². The maximum absolute atomic E-state index is 12.4. The van der Waals surface area contributed by atoms with Crippen molar-refractivity contribution in [2.75, 3.05) is 25.5 Å². The summed E-state index contributed by atoms with van der Waals surface area (Å²) in [4.78, 5) is 14.4. The smallest absolute Gasteiger partial charge is 0.322 e. The van der Waals surface area contributed by atoms with Crippen molar-refractivity contribution < 1.29 is 4.79 Å². The van der Waals surface area contributed by atoms with Crippen LogP contribution in [0.3, 0.4) is 0 Å². The first-order chi connectivity index (χ1) is 9.70. The summed E-state index contributed by atoms with van der Waals surface area (Å²) in [6.07, 6.45) is 4.47. The number of carbonyl (C=O) groups excluding carboxylic acids is 1. The summed E-state index contributed by atoms with van der Waals surface area (Å²) < 4.78 is 0. The third-order valence-corrected chi connectivity index (χ3v) is 3.92. The Labute approximate surface area is 121 Å². The van der Waals surface area contributed by atoms with Crippen molar-refractivity contribution in [3.63, 3.8) is 0 Å². The van der Waals surface area contributed by atoms with Crippen LogP contribution in [0.2, 0.25) is 0 Å². The van der Waals surface area contributed by atoms with E-state index in [-0.39, 0.29) is 6.03 Å². The lowest BCUT2D eigenvalue weighted by Gasteiger charge is -2.35. The van der Waals surface area contributed by atoms with Gasteiger partial charge in [-0.15, -0.1) is 0 Å². The molecule has 0 bridgehead atoms. The minimum atomic E-state index is 0.0367. The number of nitrogens with zero attached hydrogens (tertiary/aromatic N) is 1. The van der Waals surface area contributed by atoms with Gasteiger partial charge in [0.1, 0.15) is 0 Å². The van der Waals surface area contributed by atoms with Crippen molar-refractivity contribution in [3.05, 3.63) is 29.8 Å². The molecule has 1 atom stereocenters. The Hall–Kier alpha value is -1.55. The van der Waals surface area contributed by atoms with Crippen molar-refractivity contribution in [2.45, 2.75) is 38.6 Å². The van der Waals surface area contributed by atoms with Crippen LogP contribution in [0.4, 0.5) is 10.5 Å². The zero-order chi connectivity index (χ0) is 14.4. The Balaban J connectivity index is 1.96. The summed E-state index contributed by atoms with van der Waals surface area (Å²) in [7, 11) is 1.96. The first-order valence-electron chi connectivity index (χ1n) is 7.49. The second-order valence-corrected chi connectivity index (χ2v) is 5.53. The van der Waals surface area contributed by atoms with E-state index in [1.54, 1.807) is 0 Å². The van der Waals surface area contributed by atoms with Gasteiger partial charge in [0.2, 0.25) is 0 Å². The SMILES string of the molecule is CNCCC1CCCCN1C(=O)Nc1ccc(C)cc1. The first-order valence-corrected chi connectivity index (χ1v) is 7.49. The Morgan fingerprint density at radius 1 is 1.30 bits per heavy atom. The second kappa shape index (κ2) is 7.29. The molecular formula is C16H25N3O. The molecule has 0 aromatic heterocycles. The molecule has 1 unspecified atom stereocenters. The summed E-state index contributed by atoms with van der Waals surface area (Å²) in [5, 5.41) is 6.18. The molecule has 1 aromatic rings. The molecule has 110 valence electrons. The fourth-order valence-corrected chi connectivity index (χ4v) is 2.71. The molecule has 4 nitrogen and oxygen atoms in total. The topological polar surface area (TPSA) is 44.4 Å². The minimum absolute atomic E-state index is 0.0367. The first kappa shape index (κ1) is 14.9. The van der Waals surface area contributed by atoms with Gasteiger partial charge >= 0.3 is 6.03 Å². The van der Waals surface area contributed by atoms with Gasteiger partial charge in [-0.1, -0.05) is 17.7 Å². The molecule has 2 N–H and O–H groups in total. The van der Waals surface area contributed by atoms with E-state index < -0.39 is 0 Å². The van der Waals surface area contributed by atoms with Crippen LogP contribution in [0, 0.1) is 6.92 Å². The van der Waals surface area contributed by atoms with Gasteiger partial charge in [0.25, 0.3) is 0 Å². The maximum atomic E-state index is 12.4. The number of piperidine rings is 1. The van der Waals surface area contributed by atoms with Crippen molar-refractivity contribution in [3.8, 4) is 0 Å². The number of carbonyl (C=O) groups is 1. The van der Waals surface area contributed by atoms with Gasteiger partial charge in [0, 0.05) is 18.3 Å². The maximum Gasteiger partial charge on any atom is 0.322 e. The average molecular weight is 275 g/mol. The Bertz CT molecular complexity index is 430. The molecule has 2 rings (SSSR count). The fourth-order valence-electron chi connectivity index (χ4n) is 2.71. The molecule has 0 aliphatic carbocycles. The van der Waals surface area contributed by atoms with Crippen LogP contribution in [0.5, 0.6) is 0 Å². The Kier molecular flexibility index (Phi) is 5.41. The summed E-state index contributed by atoms with van der Waals surface area (Å²) in [5.41, 5.74) is 2.08. The quantitative estimate of drug-likeness (QED) is 0.887. The molecule has 0 saturated carbocycles. The molecule has 4 heteroatoms. The molecular weight excluding hydrogens is 250 g/mol. The normalized spacial score (nSPS) is 18.9. The van der Waals surface area contributed by atoms with E-state index in [0.29, 0.717) is 6.04 Å². The molecule has 0 radical (unpaired) electrons. The molecule has 0 spiro atoms. The van der Waals surface area contributed by atoms with Crippen molar-refractivity contribution >= 4 is 11.7 Å². The highest BCUT2D eigenvalue weighted by molar-refractivity contribution is 5.89. The molecule has 1 heterocycles. The Morgan fingerprint density at radius 3 is 2.75 bits per heavy atom. The van der Waals surface area contributed by atoms with Crippen LogP contribution in [-0.2, 0) is 0 Å². The number of aryl methyl sites for hydroxylation is 1. The number of amides is 2. The number of hydrogen-bond acceptors (Lipinski definition) is 2. The van der Waals surface area contributed by atoms with E-state index in [9.17, 15) is 4.79 Å². The summed E-state index contributed by atoms with van der Waals surface area (Å²) in [5.74, 6) is 0.